The predicted molar refractivity (Wildman–Crippen MR) is 72.8 cm³/mol. The Hall–Kier alpha value is -1.62. The Bertz CT molecular complexity index is 710. The molecule has 5 unspecified atom stereocenters. The van der Waals surface area contributed by atoms with Crippen LogP contribution in [0.25, 0.3) is 11.2 Å². The number of hydrogen-bond acceptors (Lipinski definition) is 9. The fourth-order valence-corrected chi connectivity index (χ4v) is 2.61. The van der Waals surface area contributed by atoms with Gasteiger partial charge in [0, 0.05) is 0 Å². The molecule has 2 aromatic heterocycles. The third-order valence-electron chi connectivity index (χ3n) is 3.37. The van der Waals surface area contributed by atoms with Crippen LogP contribution in [0.3, 0.4) is 0 Å². The number of ether oxygens (including phenoxy) is 1. The molecule has 1 aliphatic heterocycles. The molecular weight excluding hydrogens is 317 g/mol. The molecule has 0 spiro atoms. The van der Waals surface area contributed by atoms with E-state index >= 15 is 0 Å². The fourth-order valence-electron chi connectivity index (χ4n) is 2.31. The van der Waals surface area contributed by atoms with Crippen molar-refractivity contribution in [2.24, 2.45) is 0 Å². The summed E-state index contributed by atoms with van der Waals surface area (Å²) in [4.78, 5) is 20.5. The summed E-state index contributed by atoms with van der Waals surface area (Å²) in [7, 11) is -3.15. The molecule has 3 heterocycles. The quantitative estimate of drug-likeness (QED) is 0.480. The number of rotatable bonds is 4. The largest absolute Gasteiger partial charge is 0.387 e. The lowest BCUT2D eigenvalue weighted by molar-refractivity contribution is -0.0476. The third kappa shape index (κ3) is 2.58. The summed E-state index contributed by atoms with van der Waals surface area (Å²) in [6.45, 7) is -0.327. The van der Waals surface area contributed by atoms with E-state index in [0.717, 1.165) is 0 Å². The lowest BCUT2D eigenvalue weighted by Gasteiger charge is -2.16. The zero-order valence-electron chi connectivity index (χ0n) is 11.1. The standard InChI is InChI=1S/C10H14N5O6P/c11-8-5-9(13-2-12-8)15(3-14-5)10-7(17)6(16)4(21-10)1-20-22(18)19/h2-4,6-7,10,16-17,22H,1H2,(H,18,19)(H2,11,12,13). The number of hydrogen-bond donors (Lipinski definition) is 4. The van der Waals surface area contributed by atoms with E-state index in [1.807, 2.05) is 0 Å². The van der Waals surface area contributed by atoms with Crippen molar-refractivity contribution >= 4 is 25.2 Å². The fraction of sp³-hybridized carbons (Fsp3) is 0.500. The van der Waals surface area contributed by atoms with Crippen molar-refractivity contribution in [2.45, 2.75) is 24.5 Å². The maximum absolute atomic E-state index is 10.6. The molecule has 1 aliphatic rings. The first-order valence-electron chi connectivity index (χ1n) is 6.29. The van der Waals surface area contributed by atoms with Crippen LogP contribution >= 0.6 is 8.25 Å². The molecule has 0 aliphatic carbocycles. The molecule has 120 valence electrons. The SMILES string of the molecule is Nc1ncnc2c1ncn2C1OC(CO[PH](=O)O)C(O)C1O. The number of imidazole rings is 1. The van der Waals surface area contributed by atoms with Crippen molar-refractivity contribution in [3.05, 3.63) is 12.7 Å². The third-order valence-corrected chi connectivity index (χ3v) is 3.78. The summed E-state index contributed by atoms with van der Waals surface area (Å²) in [5, 5.41) is 20.1. The Morgan fingerprint density at radius 2 is 2.14 bits per heavy atom. The van der Waals surface area contributed by atoms with Crippen LogP contribution in [0.4, 0.5) is 5.82 Å². The zero-order valence-corrected chi connectivity index (χ0v) is 12.1. The Morgan fingerprint density at radius 1 is 1.36 bits per heavy atom. The van der Waals surface area contributed by atoms with Crippen molar-refractivity contribution in [1.82, 2.24) is 19.5 Å². The first-order valence-corrected chi connectivity index (χ1v) is 7.55. The van der Waals surface area contributed by atoms with Gasteiger partial charge in [0.05, 0.1) is 12.9 Å². The van der Waals surface area contributed by atoms with Crippen molar-refractivity contribution in [1.29, 1.82) is 0 Å². The Labute approximate surface area is 124 Å². The molecular formula is C10H14N5O6P. The highest BCUT2D eigenvalue weighted by molar-refractivity contribution is 7.32. The van der Waals surface area contributed by atoms with Crippen molar-refractivity contribution in [3.8, 4) is 0 Å². The van der Waals surface area contributed by atoms with Crippen LogP contribution in [0, 0.1) is 0 Å². The number of nitrogens with two attached hydrogens (primary N) is 1. The lowest BCUT2D eigenvalue weighted by atomic mass is 10.1. The van der Waals surface area contributed by atoms with Crippen molar-refractivity contribution in [2.75, 3.05) is 12.3 Å². The van der Waals surface area contributed by atoms with Gasteiger partial charge in [-0.05, 0) is 0 Å². The van der Waals surface area contributed by atoms with Crippen molar-refractivity contribution < 1.29 is 28.9 Å². The van der Waals surface area contributed by atoms with E-state index in [1.165, 1.54) is 17.2 Å². The van der Waals surface area contributed by atoms with Gasteiger partial charge < -0.3 is 30.1 Å². The van der Waals surface area contributed by atoms with E-state index in [0.29, 0.717) is 11.2 Å². The lowest BCUT2D eigenvalue weighted by Crippen LogP contribution is -2.33. The van der Waals surface area contributed by atoms with Crippen LogP contribution in [0.2, 0.25) is 0 Å². The molecule has 3 rings (SSSR count). The highest BCUT2D eigenvalue weighted by atomic mass is 31.1. The second-order valence-electron chi connectivity index (χ2n) is 4.71. The van der Waals surface area contributed by atoms with Crippen LogP contribution in [0.15, 0.2) is 12.7 Å². The van der Waals surface area contributed by atoms with E-state index in [9.17, 15) is 14.8 Å². The van der Waals surface area contributed by atoms with E-state index in [1.54, 1.807) is 0 Å². The second-order valence-corrected chi connectivity index (χ2v) is 5.53. The van der Waals surface area contributed by atoms with E-state index in [-0.39, 0.29) is 12.4 Å². The van der Waals surface area contributed by atoms with Gasteiger partial charge in [0.25, 0.3) is 0 Å². The van der Waals surface area contributed by atoms with Crippen LogP contribution < -0.4 is 5.73 Å². The summed E-state index contributed by atoms with van der Waals surface area (Å²) in [6.07, 6.45) is -1.92. The molecule has 1 saturated heterocycles. The average Bonchev–Trinajstić information content (AvgIpc) is 3.01. The number of aliphatic hydroxyl groups excluding tert-OH is 2. The number of nitrogen functional groups attached to an aromatic ring is 1. The second kappa shape index (κ2) is 5.88. The zero-order chi connectivity index (χ0) is 15.9. The minimum atomic E-state index is -3.15. The van der Waals surface area contributed by atoms with Crippen LogP contribution in [0.1, 0.15) is 6.23 Å². The van der Waals surface area contributed by atoms with E-state index in [4.69, 9.17) is 15.4 Å². The molecule has 12 heteroatoms. The summed E-state index contributed by atoms with van der Waals surface area (Å²) in [5.41, 5.74) is 6.35. The summed E-state index contributed by atoms with van der Waals surface area (Å²) in [6, 6.07) is 0. The minimum Gasteiger partial charge on any atom is -0.387 e. The predicted octanol–water partition coefficient (Wildman–Crippen LogP) is -1.57. The highest BCUT2D eigenvalue weighted by Crippen LogP contribution is 2.33. The van der Waals surface area contributed by atoms with Gasteiger partial charge in [0.2, 0.25) is 0 Å². The summed E-state index contributed by atoms with van der Waals surface area (Å²) in [5.74, 6) is 0.176. The molecule has 0 aromatic carbocycles. The van der Waals surface area contributed by atoms with Gasteiger partial charge in [0.15, 0.2) is 17.7 Å². The summed E-state index contributed by atoms with van der Waals surface area (Å²) >= 11 is 0. The number of aromatic nitrogens is 4. The molecule has 0 amide bonds. The molecule has 1 fully saturated rings. The minimum absolute atomic E-state index is 0.176. The first kappa shape index (κ1) is 15.3. The molecule has 22 heavy (non-hydrogen) atoms. The van der Waals surface area contributed by atoms with Crippen LogP contribution in [0.5, 0.6) is 0 Å². The van der Waals surface area contributed by atoms with E-state index in [2.05, 4.69) is 19.5 Å². The number of nitrogens with zero attached hydrogens (tertiary/aromatic N) is 4. The molecule has 5 N–H and O–H groups in total. The van der Waals surface area contributed by atoms with Gasteiger partial charge in [-0.2, -0.15) is 0 Å². The monoisotopic (exact) mass is 331 g/mol. The van der Waals surface area contributed by atoms with E-state index < -0.39 is 32.8 Å². The number of anilines is 1. The topological polar surface area (TPSA) is 166 Å². The Morgan fingerprint density at radius 3 is 2.86 bits per heavy atom. The molecule has 11 nitrogen and oxygen atoms in total. The highest BCUT2D eigenvalue weighted by Gasteiger charge is 2.44. The van der Waals surface area contributed by atoms with Gasteiger partial charge in [-0.3, -0.25) is 9.13 Å². The van der Waals surface area contributed by atoms with Gasteiger partial charge in [-0.1, -0.05) is 0 Å². The average molecular weight is 331 g/mol. The molecule has 0 bridgehead atoms. The number of fused-ring (bicyclic) bond motifs is 1. The molecule has 5 atom stereocenters. The van der Waals surface area contributed by atoms with Gasteiger partial charge in [-0.15, -0.1) is 0 Å². The molecule has 0 saturated carbocycles. The van der Waals surface area contributed by atoms with Crippen LogP contribution in [-0.4, -0.2) is 59.5 Å². The van der Waals surface area contributed by atoms with Crippen LogP contribution in [-0.2, 0) is 13.8 Å². The van der Waals surface area contributed by atoms with Gasteiger partial charge >= 0.3 is 8.25 Å². The summed E-state index contributed by atoms with van der Waals surface area (Å²) < 4.78 is 22.0. The Kier molecular flexibility index (Phi) is 4.08. The number of aliphatic hydroxyl groups is 2. The van der Waals surface area contributed by atoms with Gasteiger partial charge in [-0.25, -0.2) is 15.0 Å². The first-order chi connectivity index (χ1) is 10.5. The maximum Gasteiger partial charge on any atom is 0.316 e. The normalized spacial score (nSPS) is 30.0. The Balaban J connectivity index is 1.87. The van der Waals surface area contributed by atoms with Gasteiger partial charge in [0.1, 0.15) is 30.2 Å². The molecule has 2 aromatic rings. The smallest absolute Gasteiger partial charge is 0.316 e. The maximum atomic E-state index is 10.6. The van der Waals surface area contributed by atoms with Crippen molar-refractivity contribution in [3.63, 3.8) is 0 Å². The molecule has 0 radical (unpaired) electrons.